The van der Waals surface area contributed by atoms with Gasteiger partial charge < -0.3 is 20.1 Å². The van der Waals surface area contributed by atoms with Gasteiger partial charge in [0.15, 0.2) is 5.96 Å². The van der Waals surface area contributed by atoms with Crippen LogP contribution in [0.3, 0.4) is 0 Å². The highest BCUT2D eigenvalue weighted by molar-refractivity contribution is 6.00. The summed E-state index contributed by atoms with van der Waals surface area (Å²) in [7, 11) is 1.61. The van der Waals surface area contributed by atoms with Gasteiger partial charge in [0.25, 0.3) is 0 Å². The van der Waals surface area contributed by atoms with Crippen molar-refractivity contribution < 1.29 is 19.1 Å². The number of nitrogens with zero attached hydrogens (tertiary/aromatic N) is 1. The molecule has 2 fully saturated rings. The Kier molecular flexibility index (Phi) is 7.46. The molecule has 8 heteroatoms. The quantitative estimate of drug-likeness (QED) is 0.450. The monoisotopic (exact) mass is 496 g/mol. The van der Waals surface area contributed by atoms with E-state index < -0.39 is 5.54 Å². The first kappa shape index (κ1) is 26.2. The van der Waals surface area contributed by atoms with E-state index in [-0.39, 0.29) is 47.3 Å². The molecule has 1 aromatic rings. The Labute approximate surface area is 214 Å². The number of ether oxygens (including phenoxy) is 2. The SMILES string of the molecule is CCC1(CC)CC(NC(=O)[C@@H]2C[C@H]2C(/C=C/COC)N2C(=N)NC(C)(C)CC2=O)c2ccccc2O1. The highest BCUT2D eigenvalue weighted by atomic mass is 16.5. The second kappa shape index (κ2) is 10.2. The van der Waals surface area contributed by atoms with Gasteiger partial charge in [-0.2, -0.15) is 0 Å². The van der Waals surface area contributed by atoms with Gasteiger partial charge in [-0.05, 0) is 45.1 Å². The lowest BCUT2D eigenvalue weighted by Gasteiger charge is -2.42. The summed E-state index contributed by atoms with van der Waals surface area (Å²) in [5.74, 6) is 0.552. The van der Waals surface area contributed by atoms with E-state index >= 15 is 0 Å². The van der Waals surface area contributed by atoms with E-state index in [4.69, 9.17) is 14.9 Å². The number of para-hydroxylation sites is 1. The number of methoxy groups -OCH3 is 1. The Balaban J connectivity index is 1.51. The molecule has 0 bridgehead atoms. The van der Waals surface area contributed by atoms with Crippen molar-refractivity contribution in [2.75, 3.05) is 13.7 Å². The molecular weight excluding hydrogens is 456 g/mol. The van der Waals surface area contributed by atoms with Crippen molar-refractivity contribution >= 4 is 17.8 Å². The molecule has 2 heterocycles. The summed E-state index contributed by atoms with van der Waals surface area (Å²) in [6.45, 7) is 8.49. The summed E-state index contributed by atoms with van der Waals surface area (Å²) in [4.78, 5) is 28.1. The van der Waals surface area contributed by atoms with Crippen molar-refractivity contribution in [2.45, 2.75) is 83.0 Å². The van der Waals surface area contributed by atoms with Crippen LogP contribution in [0.1, 0.15) is 71.4 Å². The summed E-state index contributed by atoms with van der Waals surface area (Å²) >= 11 is 0. The minimum atomic E-state index is -0.465. The minimum Gasteiger partial charge on any atom is -0.487 e. The second-order valence-corrected chi connectivity index (χ2v) is 11.0. The largest absolute Gasteiger partial charge is 0.487 e. The van der Waals surface area contributed by atoms with Gasteiger partial charge in [0.2, 0.25) is 11.8 Å². The number of carbonyl (C=O) groups excluding carboxylic acids is 2. The smallest absolute Gasteiger partial charge is 0.232 e. The number of hydrogen-bond donors (Lipinski definition) is 3. The molecule has 8 nitrogen and oxygen atoms in total. The zero-order valence-corrected chi connectivity index (χ0v) is 22.1. The standard InChI is InChI=1S/C28H40N4O4/c1-6-28(7-2)16-21(18-11-8-9-13-23(18)36-28)30-25(34)20-15-19(20)22(12-10-14-35-5)32-24(33)17-27(3,4)31-26(32)29/h8-13,19-22H,6-7,14-17H2,1-5H3,(H2,29,31)(H,30,34)/b12-10+/t19-,20-,21?,22?/m1/s1. The lowest BCUT2D eigenvalue weighted by molar-refractivity contribution is -0.132. The average Bonchev–Trinajstić information content (AvgIpc) is 3.63. The topological polar surface area (TPSA) is 104 Å². The van der Waals surface area contributed by atoms with E-state index in [0.29, 0.717) is 19.4 Å². The first-order valence-corrected chi connectivity index (χ1v) is 13.1. The molecular formula is C28H40N4O4. The normalized spacial score (nSPS) is 27.1. The fourth-order valence-electron chi connectivity index (χ4n) is 5.64. The predicted octanol–water partition coefficient (Wildman–Crippen LogP) is 3.93. The van der Waals surface area contributed by atoms with Crippen molar-refractivity contribution in [3.05, 3.63) is 42.0 Å². The number of nitrogens with one attached hydrogen (secondary N) is 3. The van der Waals surface area contributed by atoms with Gasteiger partial charge in [-0.25, -0.2) is 0 Å². The molecule has 0 aromatic heterocycles. The number of hydrogen-bond acceptors (Lipinski definition) is 5. The van der Waals surface area contributed by atoms with Crippen LogP contribution in [0, 0.1) is 17.2 Å². The molecule has 0 spiro atoms. The number of benzene rings is 1. The molecule has 1 aromatic carbocycles. The van der Waals surface area contributed by atoms with Crippen molar-refractivity contribution in [2.24, 2.45) is 11.8 Å². The molecule has 4 atom stereocenters. The fraction of sp³-hybridized carbons (Fsp3) is 0.607. The fourth-order valence-corrected chi connectivity index (χ4v) is 5.64. The number of carbonyl (C=O) groups is 2. The summed E-state index contributed by atoms with van der Waals surface area (Å²) in [6.07, 6.45) is 7.21. The number of guanidine groups is 1. The summed E-state index contributed by atoms with van der Waals surface area (Å²) in [6, 6.07) is 7.46. The van der Waals surface area contributed by atoms with E-state index in [0.717, 1.165) is 30.6 Å². The Morgan fingerprint density at radius 2 is 2.06 bits per heavy atom. The lowest BCUT2D eigenvalue weighted by atomic mass is 9.83. The first-order valence-electron chi connectivity index (χ1n) is 13.1. The van der Waals surface area contributed by atoms with Gasteiger partial charge in [0, 0.05) is 37.0 Å². The highest BCUT2D eigenvalue weighted by Gasteiger charge is 2.52. The third-order valence-corrected chi connectivity index (χ3v) is 7.87. The van der Waals surface area contributed by atoms with E-state index in [1.54, 1.807) is 7.11 Å². The van der Waals surface area contributed by atoms with Gasteiger partial charge in [-0.1, -0.05) is 44.2 Å². The third kappa shape index (κ3) is 5.28. The van der Waals surface area contributed by atoms with Crippen LogP contribution in [0.4, 0.5) is 0 Å². The minimum absolute atomic E-state index is 0.00257. The summed E-state index contributed by atoms with van der Waals surface area (Å²) in [5, 5.41) is 15.0. The highest BCUT2D eigenvalue weighted by Crippen LogP contribution is 2.47. The van der Waals surface area contributed by atoms with E-state index in [9.17, 15) is 9.59 Å². The third-order valence-electron chi connectivity index (χ3n) is 7.87. The van der Waals surface area contributed by atoms with E-state index in [2.05, 4.69) is 24.5 Å². The summed E-state index contributed by atoms with van der Waals surface area (Å²) < 4.78 is 11.6. The summed E-state index contributed by atoms with van der Waals surface area (Å²) in [5.41, 5.74) is 0.249. The molecule has 1 saturated carbocycles. The molecule has 2 unspecified atom stereocenters. The van der Waals surface area contributed by atoms with Gasteiger partial charge in [-0.15, -0.1) is 0 Å². The average molecular weight is 497 g/mol. The molecule has 4 rings (SSSR count). The zero-order chi connectivity index (χ0) is 26.1. The maximum absolute atomic E-state index is 13.5. The van der Waals surface area contributed by atoms with Crippen molar-refractivity contribution in [1.29, 1.82) is 5.41 Å². The van der Waals surface area contributed by atoms with Crippen LogP contribution in [0.2, 0.25) is 0 Å². The van der Waals surface area contributed by atoms with E-state index in [1.165, 1.54) is 4.90 Å². The molecule has 3 aliphatic rings. The predicted molar refractivity (Wildman–Crippen MR) is 139 cm³/mol. The van der Waals surface area contributed by atoms with Crippen molar-refractivity contribution in [1.82, 2.24) is 15.5 Å². The van der Waals surface area contributed by atoms with Crippen LogP contribution in [0.5, 0.6) is 5.75 Å². The maximum atomic E-state index is 13.5. The number of fused-ring (bicyclic) bond motifs is 1. The van der Waals surface area contributed by atoms with Crippen LogP contribution in [0.15, 0.2) is 36.4 Å². The number of amides is 2. The Hall–Kier alpha value is -2.87. The van der Waals surface area contributed by atoms with Gasteiger partial charge in [-0.3, -0.25) is 19.9 Å². The maximum Gasteiger partial charge on any atom is 0.232 e. The number of rotatable bonds is 9. The van der Waals surface area contributed by atoms with Crippen LogP contribution in [-0.2, 0) is 14.3 Å². The van der Waals surface area contributed by atoms with Crippen molar-refractivity contribution in [3.8, 4) is 5.75 Å². The molecule has 3 N–H and O–H groups in total. The molecule has 0 radical (unpaired) electrons. The van der Waals surface area contributed by atoms with Crippen LogP contribution >= 0.6 is 0 Å². The second-order valence-electron chi connectivity index (χ2n) is 11.0. The van der Waals surface area contributed by atoms with Crippen LogP contribution in [0.25, 0.3) is 0 Å². The van der Waals surface area contributed by atoms with E-state index in [1.807, 2.05) is 50.3 Å². The molecule has 36 heavy (non-hydrogen) atoms. The Morgan fingerprint density at radius 1 is 1.33 bits per heavy atom. The molecule has 196 valence electrons. The van der Waals surface area contributed by atoms with Crippen LogP contribution < -0.4 is 15.4 Å². The first-order chi connectivity index (χ1) is 17.1. The van der Waals surface area contributed by atoms with Gasteiger partial charge in [0.1, 0.15) is 11.4 Å². The van der Waals surface area contributed by atoms with Crippen molar-refractivity contribution in [3.63, 3.8) is 0 Å². The van der Waals surface area contributed by atoms with Gasteiger partial charge >= 0.3 is 0 Å². The van der Waals surface area contributed by atoms with Crippen LogP contribution in [-0.4, -0.2) is 53.6 Å². The Bertz CT molecular complexity index is 1010. The van der Waals surface area contributed by atoms with Gasteiger partial charge in [0.05, 0.1) is 18.7 Å². The lowest BCUT2D eigenvalue weighted by Crippen LogP contribution is -2.62. The molecule has 2 aliphatic heterocycles. The Morgan fingerprint density at radius 3 is 2.72 bits per heavy atom. The molecule has 1 saturated heterocycles. The molecule has 2 amide bonds. The molecule has 1 aliphatic carbocycles. The zero-order valence-electron chi connectivity index (χ0n) is 22.1.